The van der Waals surface area contributed by atoms with Crippen molar-refractivity contribution in [3.8, 4) is 0 Å². The average Bonchev–Trinajstić information content (AvgIpc) is 2.93. The fourth-order valence-electron chi connectivity index (χ4n) is 2.71. The summed E-state index contributed by atoms with van der Waals surface area (Å²) in [6.07, 6.45) is 1.60. The number of benzene rings is 1. The highest BCUT2D eigenvalue weighted by Gasteiger charge is 2.33. The van der Waals surface area contributed by atoms with Gasteiger partial charge in [0.2, 0.25) is 5.89 Å². The molecule has 0 radical (unpaired) electrons. The predicted molar refractivity (Wildman–Crippen MR) is 85.5 cm³/mol. The van der Waals surface area contributed by atoms with E-state index in [1.54, 1.807) is 17.0 Å². The molecule has 1 aromatic heterocycles. The van der Waals surface area contributed by atoms with Crippen LogP contribution in [0.5, 0.6) is 0 Å². The molecule has 7 heteroatoms. The highest BCUT2D eigenvalue weighted by atomic mass is 19.1. The Morgan fingerprint density at radius 2 is 2.17 bits per heavy atom. The third kappa shape index (κ3) is 3.72. The molecule has 24 heavy (non-hydrogen) atoms. The molecule has 2 amide bonds. The summed E-state index contributed by atoms with van der Waals surface area (Å²) in [5.74, 6) is 1.22. The number of hydrogen-bond acceptors (Lipinski definition) is 4. The zero-order valence-electron chi connectivity index (χ0n) is 13.8. The molecule has 1 aromatic carbocycles. The van der Waals surface area contributed by atoms with Gasteiger partial charge >= 0.3 is 6.03 Å². The van der Waals surface area contributed by atoms with E-state index in [1.165, 1.54) is 12.1 Å². The molecule has 128 valence electrons. The summed E-state index contributed by atoms with van der Waals surface area (Å²) in [7, 11) is 0. The molecule has 0 spiro atoms. The van der Waals surface area contributed by atoms with Crippen LogP contribution in [0, 0.1) is 11.7 Å². The summed E-state index contributed by atoms with van der Waals surface area (Å²) in [5.41, 5.74) is 0.941. The van der Waals surface area contributed by atoms with Gasteiger partial charge in [-0.05, 0) is 30.0 Å². The first-order chi connectivity index (χ1) is 11.5. The summed E-state index contributed by atoms with van der Waals surface area (Å²) in [4.78, 5) is 18.3. The van der Waals surface area contributed by atoms with Crippen LogP contribution >= 0.6 is 0 Å². The van der Waals surface area contributed by atoms with Crippen LogP contribution < -0.4 is 5.32 Å². The van der Waals surface area contributed by atoms with Crippen molar-refractivity contribution in [2.24, 2.45) is 5.92 Å². The van der Waals surface area contributed by atoms with Crippen LogP contribution in [-0.2, 0) is 13.0 Å². The standard InChI is InChI=1S/C17H21FN4O2/c1-11(2)9-16-20-15(21-24-16)10-19-17(23)22-8-7-14(22)12-3-5-13(18)6-4-12/h3-6,11,14H,7-10H2,1-2H3,(H,19,23)/t14-/m1/s1. The minimum atomic E-state index is -0.275. The zero-order valence-corrected chi connectivity index (χ0v) is 13.8. The lowest BCUT2D eigenvalue weighted by Gasteiger charge is -2.41. The first-order valence-electron chi connectivity index (χ1n) is 8.14. The maximum Gasteiger partial charge on any atom is 0.318 e. The van der Waals surface area contributed by atoms with E-state index in [0.717, 1.165) is 18.4 Å². The van der Waals surface area contributed by atoms with Crippen LogP contribution in [0.25, 0.3) is 0 Å². The lowest BCUT2D eigenvalue weighted by molar-refractivity contribution is 0.115. The lowest BCUT2D eigenvalue weighted by atomic mass is 9.95. The second-order valence-electron chi connectivity index (χ2n) is 6.41. The Balaban J connectivity index is 1.53. The van der Waals surface area contributed by atoms with Gasteiger partial charge in [0, 0.05) is 13.0 Å². The molecule has 6 nitrogen and oxygen atoms in total. The molecule has 2 aromatic rings. The van der Waals surface area contributed by atoms with Gasteiger partial charge in [-0.15, -0.1) is 0 Å². The number of amides is 2. The molecule has 0 aliphatic carbocycles. The van der Waals surface area contributed by atoms with Crippen LogP contribution in [0.3, 0.4) is 0 Å². The van der Waals surface area contributed by atoms with Crippen LogP contribution in [0.4, 0.5) is 9.18 Å². The van der Waals surface area contributed by atoms with Crippen molar-refractivity contribution < 1.29 is 13.7 Å². The average molecular weight is 332 g/mol. The van der Waals surface area contributed by atoms with Crippen molar-refractivity contribution in [1.82, 2.24) is 20.4 Å². The minimum absolute atomic E-state index is 0.00706. The Morgan fingerprint density at radius 1 is 1.42 bits per heavy atom. The fraction of sp³-hybridized carbons (Fsp3) is 0.471. The normalized spacial score (nSPS) is 17.0. The van der Waals surface area contributed by atoms with Gasteiger partial charge in [-0.1, -0.05) is 31.1 Å². The molecule has 2 heterocycles. The fourth-order valence-corrected chi connectivity index (χ4v) is 2.71. The molecule has 1 N–H and O–H groups in total. The Labute approximate surface area is 140 Å². The van der Waals surface area contributed by atoms with Crippen molar-refractivity contribution >= 4 is 6.03 Å². The molecule has 1 aliphatic rings. The van der Waals surface area contributed by atoms with Gasteiger partial charge in [-0.2, -0.15) is 4.98 Å². The summed E-state index contributed by atoms with van der Waals surface area (Å²) in [6.45, 7) is 5.06. The van der Waals surface area contributed by atoms with Crippen LogP contribution in [-0.4, -0.2) is 27.6 Å². The number of nitrogens with one attached hydrogen (secondary N) is 1. The van der Waals surface area contributed by atoms with Gasteiger partial charge in [0.15, 0.2) is 5.82 Å². The van der Waals surface area contributed by atoms with Gasteiger partial charge < -0.3 is 14.7 Å². The molecular weight excluding hydrogens is 311 g/mol. The zero-order chi connectivity index (χ0) is 17.1. The molecule has 0 unspecified atom stereocenters. The Bertz CT molecular complexity index is 699. The first-order valence-corrected chi connectivity index (χ1v) is 8.14. The number of carbonyl (C=O) groups excluding carboxylic acids is 1. The maximum atomic E-state index is 13.0. The lowest BCUT2D eigenvalue weighted by Crippen LogP contribution is -2.49. The number of carbonyl (C=O) groups is 1. The van der Waals surface area contributed by atoms with E-state index in [4.69, 9.17) is 4.52 Å². The number of urea groups is 1. The summed E-state index contributed by atoms with van der Waals surface area (Å²) in [5, 5.41) is 6.68. The number of halogens is 1. The van der Waals surface area contributed by atoms with E-state index in [-0.39, 0.29) is 24.4 Å². The van der Waals surface area contributed by atoms with E-state index < -0.39 is 0 Å². The number of nitrogens with zero attached hydrogens (tertiary/aromatic N) is 3. The third-order valence-electron chi connectivity index (χ3n) is 4.03. The van der Waals surface area contributed by atoms with E-state index in [0.29, 0.717) is 24.2 Å². The van der Waals surface area contributed by atoms with Gasteiger partial charge in [0.05, 0.1) is 12.6 Å². The Morgan fingerprint density at radius 3 is 2.79 bits per heavy atom. The monoisotopic (exact) mass is 332 g/mol. The SMILES string of the molecule is CC(C)Cc1nc(CNC(=O)N2CC[C@@H]2c2ccc(F)cc2)no1. The molecule has 1 aliphatic heterocycles. The third-order valence-corrected chi connectivity index (χ3v) is 4.03. The van der Waals surface area contributed by atoms with Crippen molar-refractivity contribution in [2.75, 3.05) is 6.54 Å². The Kier molecular flexibility index (Phi) is 4.78. The quantitative estimate of drug-likeness (QED) is 0.913. The van der Waals surface area contributed by atoms with E-state index >= 15 is 0 Å². The topological polar surface area (TPSA) is 71.3 Å². The highest BCUT2D eigenvalue weighted by molar-refractivity contribution is 5.75. The van der Waals surface area contributed by atoms with Crippen LogP contribution in [0.2, 0.25) is 0 Å². The van der Waals surface area contributed by atoms with E-state index in [2.05, 4.69) is 29.3 Å². The second kappa shape index (κ2) is 6.98. The van der Waals surface area contributed by atoms with Gasteiger partial charge in [-0.25, -0.2) is 9.18 Å². The summed E-state index contributed by atoms with van der Waals surface area (Å²) in [6, 6.07) is 6.09. The van der Waals surface area contributed by atoms with Gasteiger partial charge in [-0.3, -0.25) is 0 Å². The van der Waals surface area contributed by atoms with E-state index in [1.807, 2.05) is 0 Å². The van der Waals surface area contributed by atoms with Crippen LogP contribution in [0.1, 0.15) is 43.6 Å². The molecule has 0 bridgehead atoms. The van der Waals surface area contributed by atoms with E-state index in [9.17, 15) is 9.18 Å². The minimum Gasteiger partial charge on any atom is -0.339 e. The van der Waals surface area contributed by atoms with Gasteiger partial charge in [0.1, 0.15) is 5.82 Å². The van der Waals surface area contributed by atoms with Crippen molar-refractivity contribution in [3.05, 3.63) is 47.4 Å². The van der Waals surface area contributed by atoms with Crippen LogP contribution in [0.15, 0.2) is 28.8 Å². The first kappa shape index (κ1) is 16.4. The molecule has 0 saturated carbocycles. The molecule has 1 atom stereocenters. The molecular formula is C17H21FN4O2. The van der Waals surface area contributed by atoms with Crippen molar-refractivity contribution in [1.29, 1.82) is 0 Å². The highest BCUT2D eigenvalue weighted by Crippen LogP contribution is 2.33. The smallest absolute Gasteiger partial charge is 0.318 e. The van der Waals surface area contributed by atoms with Crippen molar-refractivity contribution in [2.45, 2.75) is 39.3 Å². The number of rotatable bonds is 5. The van der Waals surface area contributed by atoms with Crippen molar-refractivity contribution in [3.63, 3.8) is 0 Å². The predicted octanol–water partition coefficient (Wildman–Crippen LogP) is 3.06. The second-order valence-corrected chi connectivity index (χ2v) is 6.41. The summed E-state index contributed by atoms with van der Waals surface area (Å²) >= 11 is 0. The molecule has 1 saturated heterocycles. The number of likely N-dealkylation sites (tertiary alicyclic amines) is 1. The molecule has 1 fully saturated rings. The van der Waals surface area contributed by atoms with Gasteiger partial charge in [0.25, 0.3) is 0 Å². The Hall–Kier alpha value is -2.44. The number of hydrogen-bond donors (Lipinski definition) is 1. The molecule has 3 rings (SSSR count). The summed E-state index contributed by atoms with van der Waals surface area (Å²) < 4.78 is 18.2. The number of aromatic nitrogens is 2. The maximum absolute atomic E-state index is 13.0. The largest absolute Gasteiger partial charge is 0.339 e.